The molecule has 0 fully saturated rings. The number of nitrogens with one attached hydrogen (secondary N) is 1. The van der Waals surface area contributed by atoms with E-state index in [9.17, 15) is 0 Å². The zero-order valence-corrected chi connectivity index (χ0v) is 10.8. The maximum absolute atomic E-state index is 4.20. The third-order valence-electron chi connectivity index (χ3n) is 4.10. The fourth-order valence-corrected chi connectivity index (χ4v) is 3.06. The predicted molar refractivity (Wildman–Crippen MR) is 72.9 cm³/mol. The molecule has 98 valence electrons. The summed E-state index contributed by atoms with van der Waals surface area (Å²) in [5, 5.41) is 11.7. The summed E-state index contributed by atoms with van der Waals surface area (Å²) in [4.78, 5) is 2.43. The van der Waals surface area contributed by atoms with Crippen molar-refractivity contribution in [3.8, 4) is 0 Å². The first-order valence-corrected chi connectivity index (χ1v) is 6.85. The predicted octanol–water partition coefficient (Wildman–Crippen LogP) is 0.944. The van der Waals surface area contributed by atoms with Gasteiger partial charge in [0.2, 0.25) is 0 Å². The second-order valence-corrected chi connectivity index (χ2v) is 5.20. The Bertz CT molecular complexity index is 604. The lowest BCUT2D eigenvalue weighted by Gasteiger charge is -2.32. The van der Waals surface area contributed by atoms with Crippen LogP contribution in [0.5, 0.6) is 0 Å². The van der Waals surface area contributed by atoms with E-state index < -0.39 is 0 Å². The Morgan fingerprint density at radius 3 is 3.21 bits per heavy atom. The van der Waals surface area contributed by atoms with Crippen LogP contribution in [0.3, 0.4) is 0 Å². The second kappa shape index (κ2) is 4.35. The van der Waals surface area contributed by atoms with Crippen LogP contribution in [0.2, 0.25) is 0 Å². The highest BCUT2D eigenvalue weighted by Crippen LogP contribution is 2.28. The molecule has 19 heavy (non-hydrogen) atoms. The first-order chi connectivity index (χ1) is 9.42. The molecule has 0 amide bonds. The first-order valence-electron chi connectivity index (χ1n) is 6.85. The van der Waals surface area contributed by atoms with Crippen molar-refractivity contribution >= 4 is 5.69 Å². The molecule has 2 aromatic rings. The van der Waals surface area contributed by atoms with Crippen LogP contribution >= 0.6 is 0 Å². The summed E-state index contributed by atoms with van der Waals surface area (Å²) in [6.07, 6.45) is 2.96. The van der Waals surface area contributed by atoms with Crippen LogP contribution in [0.4, 0.5) is 5.69 Å². The molecule has 4 rings (SSSR count). The van der Waals surface area contributed by atoms with Crippen molar-refractivity contribution in [1.29, 1.82) is 0 Å². The zero-order valence-electron chi connectivity index (χ0n) is 10.8. The fourth-order valence-electron chi connectivity index (χ4n) is 3.06. The SMILES string of the molecule is c1cc2c(c(N3CCn4cnnc4C3)c1)CNCC2. The number of hydrogen-bond acceptors (Lipinski definition) is 4. The topological polar surface area (TPSA) is 46.0 Å². The average Bonchev–Trinajstić information content (AvgIpc) is 2.94. The molecule has 1 N–H and O–H groups in total. The van der Waals surface area contributed by atoms with Crippen LogP contribution in [0.1, 0.15) is 17.0 Å². The van der Waals surface area contributed by atoms with E-state index in [0.29, 0.717) is 0 Å². The van der Waals surface area contributed by atoms with Crippen molar-refractivity contribution in [3.63, 3.8) is 0 Å². The van der Waals surface area contributed by atoms with Crippen molar-refractivity contribution in [3.05, 3.63) is 41.5 Å². The van der Waals surface area contributed by atoms with Gasteiger partial charge in [-0.1, -0.05) is 12.1 Å². The Labute approximate surface area is 112 Å². The molecule has 5 nitrogen and oxygen atoms in total. The zero-order chi connectivity index (χ0) is 12.7. The van der Waals surface area contributed by atoms with E-state index >= 15 is 0 Å². The minimum Gasteiger partial charge on any atom is -0.362 e. The van der Waals surface area contributed by atoms with Crippen molar-refractivity contribution in [2.75, 3.05) is 18.0 Å². The number of anilines is 1. The van der Waals surface area contributed by atoms with Crippen molar-refractivity contribution < 1.29 is 0 Å². The van der Waals surface area contributed by atoms with Crippen LogP contribution in [0, 0.1) is 0 Å². The van der Waals surface area contributed by atoms with Gasteiger partial charge in [0.05, 0.1) is 6.54 Å². The van der Waals surface area contributed by atoms with Crippen LogP contribution in [0.15, 0.2) is 24.5 Å². The third kappa shape index (κ3) is 1.81. The Morgan fingerprint density at radius 1 is 1.21 bits per heavy atom. The molecule has 5 heteroatoms. The fraction of sp³-hybridized carbons (Fsp3) is 0.429. The Hall–Kier alpha value is -1.88. The van der Waals surface area contributed by atoms with E-state index in [2.05, 4.69) is 43.2 Å². The number of benzene rings is 1. The summed E-state index contributed by atoms with van der Waals surface area (Å²) in [6, 6.07) is 6.67. The average molecular weight is 255 g/mol. The van der Waals surface area contributed by atoms with Gasteiger partial charge in [-0.05, 0) is 30.2 Å². The highest BCUT2D eigenvalue weighted by molar-refractivity contribution is 5.57. The molecule has 3 heterocycles. The van der Waals surface area contributed by atoms with E-state index in [-0.39, 0.29) is 0 Å². The van der Waals surface area contributed by atoms with Gasteiger partial charge >= 0.3 is 0 Å². The molecule has 1 aromatic carbocycles. The summed E-state index contributed by atoms with van der Waals surface area (Å²) in [7, 11) is 0. The molecule has 2 aliphatic rings. The molecule has 0 saturated carbocycles. The van der Waals surface area contributed by atoms with Crippen molar-refractivity contribution in [2.24, 2.45) is 0 Å². The van der Waals surface area contributed by atoms with Crippen LogP contribution < -0.4 is 10.2 Å². The van der Waals surface area contributed by atoms with Crippen LogP contribution in [0.25, 0.3) is 0 Å². The molecular weight excluding hydrogens is 238 g/mol. The van der Waals surface area contributed by atoms with Gasteiger partial charge in [-0.15, -0.1) is 10.2 Å². The monoisotopic (exact) mass is 255 g/mol. The van der Waals surface area contributed by atoms with Gasteiger partial charge in [-0.25, -0.2) is 0 Å². The van der Waals surface area contributed by atoms with E-state index in [4.69, 9.17) is 0 Å². The number of rotatable bonds is 1. The highest BCUT2D eigenvalue weighted by atomic mass is 15.3. The molecule has 0 bridgehead atoms. The Morgan fingerprint density at radius 2 is 2.21 bits per heavy atom. The minimum atomic E-state index is 0.858. The smallest absolute Gasteiger partial charge is 0.152 e. The molecule has 0 atom stereocenters. The maximum Gasteiger partial charge on any atom is 0.152 e. The summed E-state index contributed by atoms with van der Waals surface area (Å²) in [6.45, 7) is 4.93. The quantitative estimate of drug-likeness (QED) is 0.824. The molecule has 1 aromatic heterocycles. The lowest BCUT2D eigenvalue weighted by Crippen LogP contribution is -2.35. The van der Waals surface area contributed by atoms with Crippen molar-refractivity contribution in [2.45, 2.75) is 26.1 Å². The molecule has 0 aliphatic carbocycles. The number of aromatic nitrogens is 3. The molecule has 0 spiro atoms. The van der Waals surface area contributed by atoms with Crippen LogP contribution in [-0.2, 0) is 26.1 Å². The maximum atomic E-state index is 4.20. The van der Waals surface area contributed by atoms with Gasteiger partial charge in [0.1, 0.15) is 6.33 Å². The third-order valence-corrected chi connectivity index (χ3v) is 4.10. The Kier molecular flexibility index (Phi) is 2.51. The summed E-state index contributed by atoms with van der Waals surface area (Å²) >= 11 is 0. The summed E-state index contributed by atoms with van der Waals surface area (Å²) in [5.41, 5.74) is 4.31. The molecular formula is C14H17N5. The number of nitrogens with zero attached hydrogens (tertiary/aromatic N) is 4. The highest BCUT2D eigenvalue weighted by Gasteiger charge is 2.21. The Balaban J connectivity index is 1.70. The van der Waals surface area contributed by atoms with E-state index in [1.54, 1.807) is 0 Å². The number of hydrogen-bond donors (Lipinski definition) is 1. The van der Waals surface area contributed by atoms with Gasteiger partial charge in [-0.2, -0.15) is 0 Å². The lowest BCUT2D eigenvalue weighted by molar-refractivity contribution is 0.554. The largest absolute Gasteiger partial charge is 0.362 e. The molecule has 0 unspecified atom stereocenters. The van der Waals surface area contributed by atoms with E-state index in [1.165, 1.54) is 16.8 Å². The molecule has 0 saturated heterocycles. The molecule has 2 aliphatic heterocycles. The van der Waals surface area contributed by atoms with E-state index in [1.807, 2.05) is 6.33 Å². The summed E-state index contributed by atoms with van der Waals surface area (Å²) in [5.74, 6) is 1.06. The van der Waals surface area contributed by atoms with Gasteiger partial charge in [0.15, 0.2) is 5.82 Å². The van der Waals surface area contributed by atoms with Gasteiger partial charge in [0.25, 0.3) is 0 Å². The second-order valence-electron chi connectivity index (χ2n) is 5.20. The van der Waals surface area contributed by atoms with Gasteiger partial charge in [0, 0.05) is 25.3 Å². The lowest BCUT2D eigenvalue weighted by atomic mass is 9.98. The minimum absolute atomic E-state index is 0.858. The van der Waals surface area contributed by atoms with Gasteiger partial charge in [-0.3, -0.25) is 0 Å². The van der Waals surface area contributed by atoms with Crippen molar-refractivity contribution in [1.82, 2.24) is 20.1 Å². The van der Waals surface area contributed by atoms with Crippen LogP contribution in [-0.4, -0.2) is 27.9 Å². The normalized spacial score (nSPS) is 18.0. The van der Waals surface area contributed by atoms with Gasteiger partial charge < -0.3 is 14.8 Å². The summed E-state index contributed by atoms with van der Waals surface area (Å²) < 4.78 is 2.14. The first kappa shape index (κ1) is 11.0. The standard InChI is InChI=1S/C14H17N5/c1-2-11-4-5-15-8-12(11)13(3-1)18-6-7-19-10-16-17-14(19)9-18/h1-3,10,15H,4-9H2. The molecule has 0 radical (unpaired) electrons. The number of fused-ring (bicyclic) bond motifs is 2. The van der Waals surface area contributed by atoms with E-state index in [0.717, 1.165) is 45.0 Å².